The summed E-state index contributed by atoms with van der Waals surface area (Å²) in [7, 11) is -2.78. The summed E-state index contributed by atoms with van der Waals surface area (Å²) in [6, 6.07) is 84.4. The van der Waals surface area contributed by atoms with E-state index in [1.54, 1.807) is 6.20 Å². The van der Waals surface area contributed by atoms with Crippen LogP contribution in [0.5, 0.6) is 0 Å². The third-order valence-corrected chi connectivity index (χ3v) is 18.4. The third-order valence-electron chi connectivity index (χ3n) is 13.6. The average molecular weight is 900 g/mol. The van der Waals surface area contributed by atoms with E-state index in [0.29, 0.717) is 17.6 Å². The van der Waals surface area contributed by atoms with Crippen LogP contribution >= 0.6 is 0 Å². The number of hydrogen-bond donors (Lipinski definition) is 0. The zero-order valence-electron chi connectivity index (χ0n) is 37.3. The highest BCUT2D eigenvalue weighted by Crippen LogP contribution is 2.40. The topological polar surface area (TPSA) is 69.6 Å². The Kier molecular flexibility index (Phi) is 9.73. The molecule has 0 aliphatic carbocycles. The molecule has 7 heteroatoms. The van der Waals surface area contributed by atoms with Crippen LogP contribution in [0.1, 0.15) is 0 Å². The molecule has 13 aromatic rings. The Morgan fingerprint density at radius 3 is 1.58 bits per heavy atom. The van der Waals surface area contributed by atoms with Crippen molar-refractivity contribution in [1.82, 2.24) is 24.5 Å². The number of furan rings is 1. The van der Waals surface area contributed by atoms with Crippen molar-refractivity contribution in [3.05, 3.63) is 249 Å². The summed E-state index contributed by atoms with van der Waals surface area (Å²) in [6.45, 7) is 0. The lowest BCUT2D eigenvalue weighted by Crippen LogP contribution is -2.74. The van der Waals surface area contributed by atoms with E-state index in [1.165, 1.54) is 31.9 Å². The van der Waals surface area contributed by atoms with Gasteiger partial charge in [-0.05, 0) is 67.3 Å². The van der Waals surface area contributed by atoms with Gasteiger partial charge in [0.1, 0.15) is 11.2 Å². The fourth-order valence-electron chi connectivity index (χ4n) is 10.5. The van der Waals surface area contributed by atoms with Crippen molar-refractivity contribution in [2.45, 2.75) is 0 Å². The van der Waals surface area contributed by atoms with Gasteiger partial charge in [-0.25, -0.2) is 4.98 Å². The molecule has 324 valence electrons. The lowest BCUT2D eigenvalue weighted by molar-refractivity contribution is 0.668. The van der Waals surface area contributed by atoms with Gasteiger partial charge in [-0.1, -0.05) is 212 Å². The van der Waals surface area contributed by atoms with Crippen LogP contribution in [0.4, 0.5) is 0 Å². The summed E-state index contributed by atoms with van der Waals surface area (Å²) in [5.41, 5.74) is 9.85. The number of para-hydroxylation sites is 1. The van der Waals surface area contributed by atoms with Crippen molar-refractivity contribution in [1.29, 1.82) is 0 Å². The van der Waals surface area contributed by atoms with Crippen LogP contribution in [0.2, 0.25) is 0 Å². The number of benzene rings is 9. The first kappa shape index (κ1) is 40.2. The zero-order chi connectivity index (χ0) is 45.7. The lowest BCUT2D eigenvalue weighted by atomic mass is 9.97. The zero-order valence-corrected chi connectivity index (χ0v) is 38.3. The molecule has 0 atom stereocenters. The normalized spacial score (nSPS) is 11.8. The maximum Gasteiger partial charge on any atom is 0.238 e. The summed E-state index contributed by atoms with van der Waals surface area (Å²) in [5.74, 6) is 1.62. The number of pyridine rings is 1. The summed E-state index contributed by atoms with van der Waals surface area (Å²) in [5, 5.41) is 9.26. The number of fused-ring (bicyclic) bond motifs is 6. The Hall–Kier alpha value is -9.04. The maximum absolute atomic E-state index is 6.38. The van der Waals surface area contributed by atoms with E-state index in [2.05, 4.69) is 228 Å². The van der Waals surface area contributed by atoms with Crippen molar-refractivity contribution in [3.8, 4) is 51.0 Å². The van der Waals surface area contributed by atoms with E-state index in [4.69, 9.17) is 19.4 Å². The van der Waals surface area contributed by atoms with Crippen LogP contribution in [-0.2, 0) is 0 Å². The monoisotopic (exact) mass is 899 g/mol. The molecule has 9 aromatic carbocycles. The second-order valence-electron chi connectivity index (χ2n) is 17.4. The van der Waals surface area contributed by atoms with Gasteiger partial charge in [0.25, 0.3) is 0 Å². The molecular formula is C62H41N5OSi. The maximum atomic E-state index is 6.38. The first-order valence-corrected chi connectivity index (χ1v) is 25.2. The SMILES string of the molecule is c1ccc(-c2ccc(-c3cccc4c3c3ccccc3n4-c3nc(-c4ccc([Si](c5ccccc5)(c5ccccc5)c5ccccc5)cc4)nc(-c4cccc5oc6ccncc6c45)n3)cc2)cc1. The smallest absolute Gasteiger partial charge is 0.238 e. The molecule has 0 radical (unpaired) electrons. The van der Waals surface area contributed by atoms with Crippen LogP contribution in [0.15, 0.2) is 253 Å². The van der Waals surface area contributed by atoms with Crippen molar-refractivity contribution >= 4 is 72.6 Å². The second-order valence-corrected chi connectivity index (χ2v) is 21.2. The van der Waals surface area contributed by atoms with Gasteiger partial charge in [0.15, 0.2) is 19.7 Å². The van der Waals surface area contributed by atoms with Crippen molar-refractivity contribution < 1.29 is 4.42 Å². The highest BCUT2D eigenvalue weighted by atomic mass is 28.3. The summed E-state index contributed by atoms with van der Waals surface area (Å²) in [6.07, 6.45) is 3.61. The predicted octanol–water partition coefficient (Wildman–Crippen LogP) is 12.3. The van der Waals surface area contributed by atoms with E-state index in [1.807, 2.05) is 24.4 Å². The van der Waals surface area contributed by atoms with E-state index in [0.717, 1.165) is 66.0 Å². The molecular weight excluding hydrogens is 859 g/mol. The molecule has 0 N–H and O–H groups in total. The van der Waals surface area contributed by atoms with Gasteiger partial charge in [-0.2, -0.15) is 9.97 Å². The minimum atomic E-state index is -2.78. The summed E-state index contributed by atoms with van der Waals surface area (Å²) in [4.78, 5) is 20.7. The minimum Gasteiger partial charge on any atom is -0.456 e. The van der Waals surface area contributed by atoms with Gasteiger partial charge >= 0.3 is 0 Å². The van der Waals surface area contributed by atoms with Gasteiger partial charge < -0.3 is 4.42 Å². The van der Waals surface area contributed by atoms with Crippen molar-refractivity contribution in [3.63, 3.8) is 0 Å². The van der Waals surface area contributed by atoms with E-state index >= 15 is 0 Å². The van der Waals surface area contributed by atoms with Gasteiger partial charge in [0.2, 0.25) is 5.95 Å². The van der Waals surface area contributed by atoms with Crippen molar-refractivity contribution in [2.24, 2.45) is 0 Å². The molecule has 0 fully saturated rings. The fraction of sp³-hybridized carbons (Fsp3) is 0. The summed E-state index contributed by atoms with van der Waals surface area (Å²) < 4.78 is 8.57. The Labute approximate surface area is 399 Å². The molecule has 0 unspecified atom stereocenters. The Balaban J connectivity index is 1.03. The quantitative estimate of drug-likeness (QED) is 0.107. The van der Waals surface area contributed by atoms with Crippen molar-refractivity contribution in [2.75, 3.05) is 0 Å². The molecule has 4 heterocycles. The number of rotatable bonds is 9. The molecule has 0 saturated carbocycles. The van der Waals surface area contributed by atoms with E-state index in [-0.39, 0.29) is 0 Å². The van der Waals surface area contributed by atoms with Gasteiger partial charge in [0.05, 0.1) is 11.0 Å². The Bertz CT molecular complexity index is 3890. The fourth-order valence-corrected chi connectivity index (χ4v) is 15.2. The molecule has 6 nitrogen and oxygen atoms in total. The Morgan fingerprint density at radius 1 is 0.348 bits per heavy atom. The molecule has 0 bridgehead atoms. The Morgan fingerprint density at radius 2 is 0.884 bits per heavy atom. The lowest BCUT2D eigenvalue weighted by Gasteiger charge is -2.34. The third kappa shape index (κ3) is 6.70. The molecule has 0 saturated heterocycles. The second kappa shape index (κ2) is 16.7. The largest absolute Gasteiger partial charge is 0.456 e. The van der Waals surface area contributed by atoms with Crippen LogP contribution in [-0.4, -0.2) is 32.6 Å². The van der Waals surface area contributed by atoms with Crippen LogP contribution < -0.4 is 20.7 Å². The highest BCUT2D eigenvalue weighted by molar-refractivity contribution is 7.19. The molecule has 0 spiro atoms. The minimum absolute atomic E-state index is 0.520. The number of aromatic nitrogens is 5. The predicted molar refractivity (Wildman–Crippen MR) is 285 cm³/mol. The molecule has 0 aliphatic heterocycles. The first-order valence-electron chi connectivity index (χ1n) is 23.2. The average Bonchev–Trinajstić information content (AvgIpc) is 3.99. The number of hydrogen-bond acceptors (Lipinski definition) is 5. The molecule has 4 aromatic heterocycles. The van der Waals surface area contributed by atoms with Gasteiger partial charge in [-0.15, -0.1) is 0 Å². The van der Waals surface area contributed by atoms with Crippen LogP contribution in [0, 0.1) is 0 Å². The molecule has 0 amide bonds. The highest BCUT2D eigenvalue weighted by Gasteiger charge is 2.41. The first-order chi connectivity index (χ1) is 34.2. The van der Waals surface area contributed by atoms with Crippen LogP contribution in [0.3, 0.4) is 0 Å². The standard InChI is InChI=1S/C62H41N5OSi/c1-5-17-42(18-6-1)43-31-33-44(34-32-43)50-26-15-29-55-58(50)51-25-13-14-28-54(51)67(55)62-65-60(64-61(66-62)52-27-16-30-57-59(52)53-41-63-40-39-56(53)68-57)45-35-37-49(38-36-45)69(46-19-7-2-8-20-46,47-21-9-3-10-22-47)48-23-11-4-12-24-48/h1-41H. The molecule has 69 heavy (non-hydrogen) atoms. The van der Waals surface area contributed by atoms with E-state index in [9.17, 15) is 0 Å². The molecule has 13 rings (SSSR count). The van der Waals surface area contributed by atoms with Gasteiger partial charge in [-0.3, -0.25) is 9.55 Å². The van der Waals surface area contributed by atoms with Crippen LogP contribution in [0.25, 0.3) is 94.7 Å². The summed E-state index contributed by atoms with van der Waals surface area (Å²) >= 11 is 0. The number of nitrogens with zero attached hydrogens (tertiary/aromatic N) is 5. The van der Waals surface area contributed by atoms with E-state index < -0.39 is 8.07 Å². The molecule has 0 aliphatic rings. The van der Waals surface area contributed by atoms with Gasteiger partial charge in [0, 0.05) is 45.1 Å².